The Morgan fingerprint density at radius 1 is 1.18 bits per heavy atom. The molecule has 0 aromatic rings. The van der Waals surface area contributed by atoms with Gasteiger partial charge in [0, 0.05) is 12.0 Å². The lowest BCUT2D eigenvalue weighted by molar-refractivity contribution is -0.0926. The van der Waals surface area contributed by atoms with Crippen molar-refractivity contribution in [2.24, 2.45) is 34.5 Å². The molecule has 1 N–H and O–H groups in total. The van der Waals surface area contributed by atoms with E-state index in [0.29, 0.717) is 35.7 Å². The van der Waals surface area contributed by atoms with E-state index < -0.39 is 0 Å². The van der Waals surface area contributed by atoms with E-state index in [9.17, 15) is 9.50 Å². The molecule has 0 bridgehead atoms. The van der Waals surface area contributed by atoms with E-state index in [0.717, 1.165) is 12.8 Å². The molecule has 3 fully saturated rings. The van der Waals surface area contributed by atoms with E-state index in [1.54, 1.807) is 0 Å². The van der Waals surface area contributed by atoms with Crippen LogP contribution in [0.5, 0.6) is 0 Å². The first-order valence-corrected chi connectivity index (χ1v) is 9.19. The summed E-state index contributed by atoms with van der Waals surface area (Å²) >= 11 is 0. The van der Waals surface area contributed by atoms with Crippen LogP contribution in [-0.4, -0.2) is 11.7 Å². The number of hydrogen-bond donors (Lipinski definition) is 1. The maximum atomic E-state index is 14.0. The number of aliphatic hydroxyl groups excluding tert-OH is 1. The highest BCUT2D eigenvalue weighted by atomic mass is 19.1. The SMILES string of the molecule is CC12C=C(F)C=C1C1CC(CO)C3CCCCC3(C)C1CC2. The molecular weight excluding hydrogens is 275 g/mol. The second-order valence-corrected chi connectivity index (χ2v) is 8.83. The van der Waals surface area contributed by atoms with Gasteiger partial charge < -0.3 is 5.11 Å². The Labute approximate surface area is 133 Å². The molecule has 4 rings (SSSR count). The minimum atomic E-state index is -0.0525. The minimum absolute atomic E-state index is 0.0328. The molecule has 6 atom stereocenters. The summed E-state index contributed by atoms with van der Waals surface area (Å²) in [6.45, 7) is 5.01. The minimum Gasteiger partial charge on any atom is -0.396 e. The van der Waals surface area contributed by atoms with E-state index in [2.05, 4.69) is 13.8 Å². The van der Waals surface area contributed by atoms with E-state index in [1.165, 1.54) is 37.7 Å². The van der Waals surface area contributed by atoms with Crippen molar-refractivity contribution >= 4 is 0 Å². The molecule has 0 aliphatic heterocycles. The summed E-state index contributed by atoms with van der Waals surface area (Å²) in [4.78, 5) is 0. The second-order valence-electron chi connectivity index (χ2n) is 8.83. The van der Waals surface area contributed by atoms with Crippen molar-refractivity contribution in [3.05, 3.63) is 23.6 Å². The molecule has 0 amide bonds. The van der Waals surface area contributed by atoms with Crippen molar-refractivity contribution < 1.29 is 9.50 Å². The van der Waals surface area contributed by atoms with Crippen LogP contribution in [0, 0.1) is 34.5 Å². The fraction of sp³-hybridized carbons (Fsp3) is 0.800. The molecule has 6 unspecified atom stereocenters. The number of rotatable bonds is 1. The molecule has 4 aliphatic rings. The van der Waals surface area contributed by atoms with Crippen LogP contribution in [0.2, 0.25) is 0 Å². The lowest BCUT2D eigenvalue weighted by atomic mass is 9.44. The van der Waals surface area contributed by atoms with Crippen LogP contribution in [-0.2, 0) is 0 Å². The smallest absolute Gasteiger partial charge is 0.120 e. The zero-order chi connectivity index (χ0) is 15.5. The number of fused-ring (bicyclic) bond motifs is 5. The Bertz CT molecular complexity index is 536. The van der Waals surface area contributed by atoms with Gasteiger partial charge in [-0.3, -0.25) is 0 Å². The van der Waals surface area contributed by atoms with Gasteiger partial charge in [-0.25, -0.2) is 4.39 Å². The fourth-order valence-corrected chi connectivity index (χ4v) is 6.76. The van der Waals surface area contributed by atoms with Crippen LogP contribution in [0.1, 0.15) is 58.8 Å². The van der Waals surface area contributed by atoms with Crippen molar-refractivity contribution in [1.29, 1.82) is 0 Å². The third-order valence-electron chi connectivity index (χ3n) is 7.80. The molecule has 2 heteroatoms. The van der Waals surface area contributed by atoms with Gasteiger partial charge in [-0.2, -0.15) is 0 Å². The van der Waals surface area contributed by atoms with Crippen molar-refractivity contribution in [3.63, 3.8) is 0 Å². The van der Waals surface area contributed by atoms with Gasteiger partial charge in [0.15, 0.2) is 0 Å². The summed E-state index contributed by atoms with van der Waals surface area (Å²) in [5.74, 6) is 2.24. The molecule has 0 aromatic carbocycles. The molecule has 0 heterocycles. The van der Waals surface area contributed by atoms with Crippen molar-refractivity contribution in [3.8, 4) is 0 Å². The predicted molar refractivity (Wildman–Crippen MR) is 86.9 cm³/mol. The Balaban J connectivity index is 1.73. The molecule has 3 saturated carbocycles. The summed E-state index contributed by atoms with van der Waals surface area (Å²) in [6.07, 6.45) is 12.3. The highest BCUT2D eigenvalue weighted by Gasteiger charge is 2.57. The predicted octanol–water partition coefficient (Wildman–Crippen LogP) is 5.02. The first-order chi connectivity index (χ1) is 10.5. The first-order valence-electron chi connectivity index (χ1n) is 9.19. The van der Waals surface area contributed by atoms with E-state index in [-0.39, 0.29) is 11.2 Å². The summed E-state index contributed by atoms with van der Waals surface area (Å²) in [7, 11) is 0. The van der Waals surface area contributed by atoms with Crippen LogP contribution in [0.25, 0.3) is 0 Å². The summed E-state index contributed by atoms with van der Waals surface area (Å²) in [5.41, 5.74) is 1.64. The number of allylic oxidation sites excluding steroid dienone is 4. The van der Waals surface area contributed by atoms with Gasteiger partial charge in [-0.1, -0.05) is 32.3 Å². The lowest BCUT2D eigenvalue weighted by Gasteiger charge is -2.60. The summed E-state index contributed by atoms with van der Waals surface area (Å²) < 4.78 is 14.0. The number of aliphatic hydroxyl groups is 1. The van der Waals surface area contributed by atoms with Gasteiger partial charge in [-0.05, 0) is 73.3 Å². The summed E-state index contributed by atoms with van der Waals surface area (Å²) in [6, 6.07) is 0. The van der Waals surface area contributed by atoms with Crippen LogP contribution in [0.3, 0.4) is 0 Å². The number of halogens is 1. The first kappa shape index (κ1) is 14.9. The quantitative estimate of drug-likeness (QED) is 0.721. The monoisotopic (exact) mass is 304 g/mol. The van der Waals surface area contributed by atoms with Crippen LogP contribution in [0.4, 0.5) is 4.39 Å². The topological polar surface area (TPSA) is 20.2 Å². The van der Waals surface area contributed by atoms with Gasteiger partial charge in [0.05, 0.1) is 0 Å². The Hall–Kier alpha value is -0.630. The van der Waals surface area contributed by atoms with Gasteiger partial charge in [-0.15, -0.1) is 0 Å². The standard InChI is InChI=1S/C20H29FO/c1-19-8-6-17-15(18(19)10-14(21)11-19)9-13(12-22)16-5-3-4-7-20(16,17)2/h10-11,13,15-17,22H,3-9,12H2,1-2H3. The third kappa shape index (κ3) is 1.92. The van der Waals surface area contributed by atoms with Crippen molar-refractivity contribution in [2.45, 2.75) is 58.8 Å². The molecular formula is C20H29FO. The van der Waals surface area contributed by atoms with Gasteiger partial charge in [0.2, 0.25) is 0 Å². The molecule has 0 saturated heterocycles. The molecule has 0 radical (unpaired) electrons. The zero-order valence-corrected chi connectivity index (χ0v) is 13.9. The highest BCUT2D eigenvalue weighted by Crippen LogP contribution is 2.65. The second kappa shape index (κ2) is 4.93. The van der Waals surface area contributed by atoms with Gasteiger partial charge >= 0.3 is 0 Å². The lowest BCUT2D eigenvalue weighted by Crippen LogP contribution is -2.53. The third-order valence-corrected chi connectivity index (χ3v) is 7.80. The normalized spacial score (nSPS) is 50.5. The molecule has 0 spiro atoms. The van der Waals surface area contributed by atoms with Crippen LogP contribution in [0.15, 0.2) is 23.6 Å². The average molecular weight is 304 g/mol. The molecule has 0 aromatic heterocycles. The van der Waals surface area contributed by atoms with Crippen LogP contribution >= 0.6 is 0 Å². The number of hydrogen-bond acceptors (Lipinski definition) is 1. The maximum Gasteiger partial charge on any atom is 0.120 e. The van der Waals surface area contributed by atoms with Gasteiger partial charge in [0.25, 0.3) is 0 Å². The largest absolute Gasteiger partial charge is 0.396 e. The molecule has 1 nitrogen and oxygen atoms in total. The fourth-order valence-electron chi connectivity index (χ4n) is 6.76. The van der Waals surface area contributed by atoms with E-state index in [1.807, 2.05) is 12.2 Å². The van der Waals surface area contributed by atoms with Crippen molar-refractivity contribution in [1.82, 2.24) is 0 Å². The van der Waals surface area contributed by atoms with Crippen LogP contribution < -0.4 is 0 Å². The molecule has 22 heavy (non-hydrogen) atoms. The molecule has 122 valence electrons. The molecule has 4 aliphatic carbocycles. The Morgan fingerprint density at radius 3 is 2.77 bits per heavy atom. The Morgan fingerprint density at radius 2 is 2.00 bits per heavy atom. The maximum absolute atomic E-state index is 14.0. The summed E-state index contributed by atoms with van der Waals surface area (Å²) in [5, 5.41) is 9.98. The average Bonchev–Trinajstić information content (AvgIpc) is 2.80. The van der Waals surface area contributed by atoms with Crippen molar-refractivity contribution in [2.75, 3.05) is 6.61 Å². The van der Waals surface area contributed by atoms with E-state index in [4.69, 9.17) is 0 Å². The Kier molecular flexibility index (Phi) is 3.35. The van der Waals surface area contributed by atoms with Gasteiger partial charge in [0.1, 0.15) is 5.83 Å². The highest BCUT2D eigenvalue weighted by molar-refractivity contribution is 5.40. The zero-order valence-electron chi connectivity index (χ0n) is 13.9. The van der Waals surface area contributed by atoms with E-state index >= 15 is 0 Å².